The van der Waals surface area contributed by atoms with Gasteiger partial charge in [-0.2, -0.15) is 0 Å². The quantitative estimate of drug-likeness (QED) is 0.204. The van der Waals surface area contributed by atoms with Gasteiger partial charge in [-0.3, -0.25) is 9.59 Å². The number of nitrogens with zero attached hydrogens (tertiary/aromatic N) is 1. The average molecular weight is 468 g/mol. The Kier molecular flexibility index (Phi) is 8.57. The molecule has 1 amide bonds. The first-order valence-electron chi connectivity index (χ1n) is 11.9. The van der Waals surface area contributed by atoms with E-state index < -0.39 is 17.7 Å². The minimum absolute atomic E-state index is 0.0249. The van der Waals surface area contributed by atoms with Crippen molar-refractivity contribution in [1.29, 1.82) is 0 Å². The summed E-state index contributed by atoms with van der Waals surface area (Å²) in [4.78, 5) is 27.6. The van der Waals surface area contributed by atoms with Crippen LogP contribution in [-0.2, 0) is 9.59 Å². The Labute approximate surface area is 200 Å². The number of Topliss-reactive ketones (excluding diaryl/α,β-unsaturated/α-hetero) is 1. The zero-order valence-electron chi connectivity index (χ0n) is 20.0. The first-order valence-corrected chi connectivity index (χ1v) is 11.9. The van der Waals surface area contributed by atoms with Gasteiger partial charge in [0.05, 0.1) is 24.8 Å². The lowest BCUT2D eigenvalue weighted by atomic mass is 9.95. The number of phenolic OH excluding ortho intramolecular Hbond substituents is 1. The SMILES string of the molecule is CCCCCN1C(=O)C(=O)/C(=C(\O)c2ccc(OCCC)cc2)C1c1ccc(O)c(OCC)c1. The van der Waals surface area contributed by atoms with Crippen LogP contribution in [0.3, 0.4) is 0 Å². The monoisotopic (exact) mass is 467 g/mol. The number of aliphatic hydroxyl groups is 1. The van der Waals surface area contributed by atoms with E-state index in [9.17, 15) is 19.8 Å². The van der Waals surface area contributed by atoms with E-state index in [4.69, 9.17) is 9.47 Å². The molecule has 1 saturated heterocycles. The molecular weight excluding hydrogens is 434 g/mol. The second-order valence-corrected chi connectivity index (χ2v) is 8.23. The molecule has 1 unspecified atom stereocenters. The molecule has 1 aliphatic rings. The van der Waals surface area contributed by atoms with Crippen LogP contribution in [0.25, 0.3) is 5.76 Å². The number of amides is 1. The van der Waals surface area contributed by atoms with Crippen molar-refractivity contribution in [2.75, 3.05) is 19.8 Å². The summed E-state index contributed by atoms with van der Waals surface area (Å²) in [5, 5.41) is 21.3. The highest BCUT2D eigenvalue weighted by Gasteiger charge is 2.46. The molecule has 2 N–H and O–H groups in total. The third-order valence-electron chi connectivity index (χ3n) is 5.74. The number of unbranched alkanes of at least 4 members (excludes halogenated alkanes) is 2. The van der Waals surface area contributed by atoms with Gasteiger partial charge in [0.15, 0.2) is 11.5 Å². The second kappa shape index (κ2) is 11.6. The molecule has 1 heterocycles. The smallest absolute Gasteiger partial charge is 0.295 e. The number of carbonyl (C=O) groups is 2. The van der Waals surface area contributed by atoms with Crippen molar-refractivity contribution < 1.29 is 29.3 Å². The molecule has 2 aromatic carbocycles. The van der Waals surface area contributed by atoms with Crippen LogP contribution < -0.4 is 9.47 Å². The van der Waals surface area contributed by atoms with Crippen molar-refractivity contribution in [3.63, 3.8) is 0 Å². The van der Waals surface area contributed by atoms with E-state index in [2.05, 4.69) is 6.92 Å². The van der Waals surface area contributed by atoms with Crippen LogP contribution in [0, 0.1) is 0 Å². The van der Waals surface area contributed by atoms with Crippen LogP contribution in [0.5, 0.6) is 17.2 Å². The number of hydrogen-bond donors (Lipinski definition) is 2. The standard InChI is InChI=1S/C27H33NO6/c1-4-7-8-15-28-24(19-11-14-21(29)22(17-19)33-6-3)23(26(31)27(28)32)25(30)18-9-12-20(13-10-18)34-16-5-2/h9-14,17,24,29-30H,4-8,15-16H2,1-3H3/b25-23-. The van der Waals surface area contributed by atoms with Gasteiger partial charge >= 0.3 is 0 Å². The molecule has 3 rings (SSSR count). The molecule has 0 aliphatic carbocycles. The summed E-state index contributed by atoms with van der Waals surface area (Å²) in [5.41, 5.74) is 1.03. The van der Waals surface area contributed by atoms with Crippen LogP contribution >= 0.6 is 0 Å². The molecule has 34 heavy (non-hydrogen) atoms. The number of likely N-dealkylation sites (tertiary alicyclic amines) is 1. The largest absolute Gasteiger partial charge is 0.507 e. The van der Waals surface area contributed by atoms with Crippen molar-refractivity contribution in [3.05, 3.63) is 59.2 Å². The van der Waals surface area contributed by atoms with Crippen LogP contribution in [-0.4, -0.2) is 46.6 Å². The molecule has 0 radical (unpaired) electrons. The van der Waals surface area contributed by atoms with Crippen LogP contribution in [0.2, 0.25) is 0 Å². The fourth-order valence-corrected chi connectivity index (χ4v) is 4.05. The third kappa shape index (κ3) is 5.35. The number of benzene rings is 2. The topological polar surface area (TPSA) is 96.3 Å². The fourth-order valence-electron chi connectivity index (χ4n) is 4.05. The second-order valence-electron chi connectivity index (χ2n) is 8.23. The molecule has 0 aromatic heterocycles. The summed E-state index contributed by atoms with van der Waals surface area (Å²) in [7, 11) is 0. The van der Waals surface area contributed by atoms with E-state index >= 15 is 0 Å². The molecule has 0 spiro atoms. The normalized spacial score (nSPS) is 17.3. The molecular formula is C27H33NO6. The summed E-state index contributed by atoms with van der Waals surface area (Å²) in [5.74, 6) is -0.718. The number of aromatic hydroxyl groups is 1. The van der Waals surface area contributed by atoms with Crippen molar-refractivity contribution in [3.8, 4) is 17.2 Å². The Bertz CT molecular complexity index is 1040. The first kappa shape index (κ1) is 25.1. The Balaban J connectivity index is 2.08. The molecule has 0 saturated carbocycles. The van der Waals surface area contributed by atoms with E-state index in [1.165, 1.54) is 11.0 Å². The highest BCUT2D eigenvalue weighted by atomic mass is 16.5. The average Bonchev–Trinajstić information content (AvgIpc) is 3.09. The maximum atomic E-state index is 13.1. The zero-order valence-corrected chi connectivity index (χ0v) is 20.0. The lowest BCUT2D eigenvalue weighted by molar-refractivity contribution is -0.139. The molecule has 1 aliphatic heterocycles. The van der Waals surface area contributed by atoms with Crippen LogP contribution in [0.1, 0.15) is 63.6 Å². The highest BCUT2D eigenvalue weighted by Crippen LogP contribution is 2.42. The van der Waals surface area contributed by atoms with Gasteiger partial charge in [0, 0.05) is 12.1 Å². The lowest BCUT2D eigenvalue weighted by Crippen LogP contribution is -2.30. The summed E-state index contributed by atoms with van der Waals surface area (Å²) in [6.45, 7) is 7.19. The van der Waals surface area contributed by atoms with E-state index in [-0.39, 0.29) is 22.8 Å². The van der Waals surface area contributed by atoms with Gasteiger partial charge in [-0.05, 0) is 61.7 Å². The Morgan fingerprint density at radius 3 is 2.35 bits per heavy atom. The number of carbonyl (C=O) groups excluding carboxylic acids is 2. The molecule has 0 bridgehead atoms. The van der Waals surface area contributed by atoms with Gasteiger partial charge in [-0.15, -0.1) is 0 Å². The zero-order chi connectivity index (χ0) is 24.7. The van der Waals surface area contributed by atoms with E-state index in [1.54, 1.807) is 43.3 Å². The molecule has 2 aromatic rings. The summed E-state index contributed by atoms with van der Waals surface area (Å²) in [6.07, 6.45) is 3.49. The molecule has 182 valence electrons. The van der Waals surface area contributed by atoms with Crippen molar-refractivity contribution in [2.24, 2.45) is 0 Å². The van der Waals surface area contributed by atoms with Gasteiger partial charge in [0.1, 0.15) is 11.5 Å². The van der Waals surface area contributed by atoms with Crippen molar-refractivity contribution in [1.82, 2.24) is 4.90 Å². The van der Waals surface area contributed by atoms with Crippen molar-refractivity contribution in [2.45, 2.75) is 52.5 Å². The summed E-state index contributed by atoms with van der Waals surface area (Å²) in [6, 6.07) is 10.8. The third-order valence-corrected chi connectivity index (χ3v) is 5.74. The first-order chi connectivity index (χ1) is 16.4. The van der Waals surface area contributed by atoms with Gasteiger partial charge in [0.25, 0.3) is 11.7 Å². The predicted molar refractivity (Wildman–Crippen MR) is 130 cm³/mol. The number of aliphatic hydroxyl groups excluding tert-OH is 1. The Morgan fingerprint density at radius 1 is 0.971 bits per heavy atom. The summed E-state index contributed by atoms with van der Waals surface area (Å²) >= 11 is 0. The summed E-state index contributed by atoms with van der Waals surface area (Å²) < 4.78 is 11.1. The van der Waals surface area contributed by atoms with Crippen LogP contribution in [0.15, 0.2) is 48.0 Å². The number of ether oxygens (including phenoxy) is 2. The molecule has 7 nitrogen and oxygen atoms in total. The lowest BCUT2D eigenvalue weighted by Gasteiger charge is -2.26. The maximum absolute atomic E-state index is 13.1. The van der Waals surface area contributed by atoms with E-state index in [1.807, 2.05) is 6.92 Å². The fraction of sp³-hybridized carbons (Fsp3) is 0.407. The van der Waals surface area contributed by atoms with Gasteiger partial charge in [0.2, 0.25) is 0 Å². The Hall–Kier alpha value is -3.48. The van der Waals surface area contributed by atoms with Gasteiger partial charge < -0.3 is 24.6 Å². The minimum Gasteiger partial charge on any atom is -0.507 e. The molecule has 1 atom stereocenters. The van der Waals surface area contributed by atoms with Crippen molar-refractivity contribution >= 4 is 17.4 Å². The Morgan fingerprint density at radius 2 is 1.71 bits per heavy atom. The maximum Gasteiger partial charge on any atom is 0.295 e. The molecule has 1 fully saturated rings. The predicted octanol–water partition coefficient (Wildman–Crippen LogP) is 5.19. The number of rotatable bonds is 11. The van der Waals surface area contributed by atoms with E-state index in [0.717, 1.165) is 25.7 Å². The van der Waals surface area contributed by atoms with Gasteiger partial charge in [-0.25, -0.2) is 0 Å². The molecule has 7 heteroatoms. The van der Waals surface area contributed by atoms with Crippen LogP contribution in [0.4, 0.5) is 0 Å². The van der Waals surface area contributed by atoms with Gasteiger partial charge in [-0.1, -0.05) is 32.8 Å². The number of hydrogen-bond acceptors (Lipinski definition) is 6. The van der Waals surface area contributed by atoms with E-state index in [0.29, 0.717) is 36.6 Å². The highest BCUT2D eigenvalue weighted by molar-refractivity contribution is 6.46. The minimum atomic E-state index is -0.785. The number of phenols is 1. The number of ketones is 1.